The quantitative estimate of drug-likeness (QED) is 0.634. The van der Waals surface area contributed by atoms with Crippen molar-refractivity contribution in [3.8, 4) is 0 Å². The van der Waals surface area contributed by atoms with Gasteiger partial charge in [-0.2, -0.15) is 0 Å². The Hall–Kier alpha value is -1.82. The minimum absolute atomic E-state index is 0.0169. The van der Waals surface area contributed by atoms with Crippen LogP contribution in [-0.4, -0.2) is 28.8 Å². The molecule has 0 aromatic heterocycles. The molecule has 2 atom stereocenters. The third-order valence-corrected chi connectivity index (χ3v) is 3.89. The van der Waals surface area contributed by atoms with Crippen LogP contribution in [0.3, 0.4) is 0 Å². The molecule has 0 aliphatic heterocycles. The Morgan fingerprint density at radius 1 is 1.40 bits per heavy atom. The number of carbonyl (C=O) groups is 1. The van der Waals surface area contributed by atoms with E-state index in [9.17, 15) is 19.4 Å². The maximum Gasteiger partial charge on any atom is 0.340 e. The van der Waals surface area contributed by atoms with E-state index in [1.54, 1.807) is 0 Å². The van der Waals surface area contributed by atoms with E-state index in [4.69, 9.17) is 5.73 Å². The summed E-state index contributed by atoms with van der Waals surface area (Å²) >= 11 is 0. The molecule has 1 aromatic rings. The van der Waals surface area contributed by atoms with E-state index in [0.717, 1.165) is 31.7 Å². The van der Waals surface area contributed by atoms with E-state index in [2.05, 4.69) is 5.32 Å². The van der Waals surface area contributed by atoms with Gasteiger partial charge in [0.15, 0.2) is 0 Å². The average molecular weight is 282 g/mol. The minimum Gasteiger partial charge on any atom is -0.478 e. The van der Waals surface area contributed by atoms with Gasteiger partial charge in [-0.25, -0.2) is 9.18 Å². The number of benzene rings is 1. The van der Waals surface area contributed by atoms with Crippen molar-refractivity contribution in [3.63, 3.8) is 0 Å². The number of halogens is 1. The zero-order valence-electron chi connectivity index (χ0n) is 11.1. The molecule has 0 heterocycles. The number of nitrogens with one attached hydrogen (secondary N) is 1. The van der Waals surface area contributed by atoms with Crippen LogP contribution in [0.5, 0.6) is 0 Å². The number of hydrogen-bond acceptors (Lipinski definition) is 4. The second-order valence-corrected chi connectivity index (χ2v) is 5.17. The number of nitrogens with two attached hydrogens (primary N) is 1. The van der Waals surface area contributed by atoms with E-state index >= 15 is 0 Å². The van der Waals surface area contributed by atoms with Crippen molar-refractivity contribution in [1.29, 1.82) is 0 Å². The van der Waals surface area contributed by atoms with E-state index < -0.39 is 11.8 Å². The molecule has 0 amide bonds. The van der Waals surface area contributed by atoms with Gasteiger partial charge in [-0.3, -0.25) is 0 Å². The standard InChI is InChI=1S/C14H19FN2O3/c15-9-5-6-11(12(13(9)16)14(19)20)17-10-4-2-1-3-8(10)7-18/h5-6,8,10,17-18H,1-4,7,16H2,(H,19,20). The zero-order valence-corrected chi connectivity index (χ0v) is 11.1. The minimum atomic E-state index is -1.26. The lowest BCUT2D eigenvalue weighted by Gasteiger charge is -2.32. The Morgan fingerprint density at radius 3 is 2.75 bits per heavy atom. The molecule has 1 aliphatic carbocycles. The van der Waals surface area contributed by atoms with Crippen LogP contribution in [0.15, 0.2) is 12.1 Å². The third kappa shape index (κ3) is 2.85. The van der Waals surface area contributed by atoms with Gasteiger partial charge in [0.1, 0.15) is 11.4 Å². The van der Waals surface area contributed by atoms with Gasteiger partial charge in [0.2, 0.25) is 0 Å². The van der Waals surface area contributed by atoms with E-state index in [0.29, 0.717) is 5.69 Å². The summed E-state index contributed by atoms with van der Waals surface area (Å²) in [5, 5.41) is 21.7. The number of anilines is 2. The van der Waals surface area contributed by atoms with Crippen LogP contribution in [-0.2, 0) is 0 Å². The Kier molecular flexibility index (Phi) is 4.44. The number of aliphatic hydroxyl groups is 1. The van der Waals surface area contributed by atoms with Crippen LogP contribution in [0.1, 0.15) is 36.0 Å². The molecule has 0 radical (unpaired) electrons. The summed E-state index contributed by atoms with van der Waals surface area (Å²) in [5.41, 5.74) is 5.21. The number of nitrogen functional groups attached to an aromatic ring is 1. The molecule has 6 heteroatoms. The lowest BCUT2D eigenvalue weighted by Crippen LogP contribution is -2.35. The van der Waals surface area contributed by atoms with Crippen molar-refractivity contribution < 1.29 is 19.4 Å². The first-order valence-corrected chi connectivity index (χ1v) is 6.73. The molecule has 1 aliphatic rings. The van der Waals surface area contributed by atoms with Gasteiger partial charge in [-0.1, -0.05) is 12.8 Å². The summed E-state index contributed by atoms with van der Waals surface area (Å²) in [5.74, 6) is -1.92. The number of hydrogen-bond donors (Lipinski definition) is 4. The van der Waals surface area contributed by atoms with Crippen molar-refractivity contribution in [2.24, 2.45) is 5.92 Å². The Balaban J connectivity index is 2.28. The van der Waals surface area contributed by atoms with E-state index in [1.165, 1.54) is 6.07 Å². The van der Waals surface area contributed by atoms with Gasteiger partial charge in [0.05, 0.1) is 11.4 Å². The summed E-state index contributed by atoms with van der Waals surface area (Å²) in [6.07, 6.45) is 3.82. The van der Waals surface area contributed by atoms with Crippen LogP contribution >= 0.6 is 0 Å². The van der Waals surface area contributed by atoms with Gasteiger partial charge in [0.25, 0.3) is 0 Å². The maximum atomic E-state index is 13.4. The molecule has 110 valence electrons. The number of carboxylic acids is 1. The van der Waals surface area contributed by atoms with Crippen molar-refractivity contribution in [2.45, 2.75) is 31.7 Å². The first-order chi connectivity index (χ1) is 9.54. The van der Waals surface area contributed by atoms with Gasteiger partial charge < -0.3 is 21.3 Å². The molecule has 0 bridgehead atoms. The van der Waals surface area contributed by atoms with Crippen LogP contribution in [0.25, 0.3) is 0 Å². The van der Waals surface area contributed by atoms with Gasteiger partial charge in [-0.05, 0) is 25.0 Å². The third-order valence-electron chi connectivity index (χ3n) is 3.89. The second-order valence-electron chi connectivity index (χ2n) is 5.17. The number of aromatic carboxylic acids is 1. The highest BCUT2D eigenvalue weighted by Crippen LogP contribution is 2.31. The first kappa shape index (κ1) is 14.6. The smallest absolute Gasteiger partial charge is 0.340 e. The first-order valence-electron chi connectivity index (χ1n) is 6.73. The second kappa shape index (κ2) is 6.09. The number of carboxylic acid groups (broad SMARTS) is 1. The molecule has 2 rings (SSSR count). The number of aliphatic hydroxyl groups excluding tert-OH is 1. The summed E-state index contributed by atoms with van der Waals surface area (Å²) in [7, 11) is 0. The molecule has 1 aromatic carbocycles. The summed E-state index contributed by atoms with van der Waals surface area (Å²) in [4.78, 5) is 11.3. The van der Waals surface area contributed by atoms with Crippen LogP contribution < -0.4 is 11.1 Å². The molecular weight excluding hydrogens is 263 g/mol. The zero-order chi connectivity index (χ0) is 14.7. The van der Waals surface area contributed by atoms with Crippen molar-refractivity contribution in [3.05, 3.63) is 23.5 Å². The SMILES string of the molecule is Nc1c(F)ccc(NC2CCCCC2CO)c1C(=O)O. The maximum absolute atomic E-state index is 13.4. The average Bonchev–Trinajstić information content (AvgIpc) is 2.43. The van der Waals surface area contributed by atoms with Gasteiger partial charge in [-0.15, -0.1) is 0 Å². The Bertz CT molecular complexity index is 507. The van der Waals surface area contributed by atoms with Crippen LogP contribution in [0.2, 0.25) is 0 Å². The lowest BCUT2D eigenvalue weighted by atomic mass is 9.85. The molecule has 5 nitrogen and oxygen atoms in total. The highest BCUT2D eigenvalue weighted by atomic mass is 19.1. The van der Waals surface area contributed by atoms with Crippen LogP contribution in [0, 0.1) is 11.7 Å². The van der Waals surface area contributed by atoms with Crippen LogP contribution in [0.4, 0.5) is 15.8 Å². The predicted octanol–water partition coefficient (Wildman–Crippen LogP) is 2.07. The van der Waals surface area contributed by atoms with Crippen molar-refractivity contribution in [2.75, 3.05) is 17.7 Å². The monoisotopic (exact) mass is 282 g/mol. The Morgan fingerprint density at radius 2 is 2.10 bits per heavy atom. The number of rotatable bonds is 4. The molecule has 2 unspecified atom stereocenters. The fourth-order valence-electron chi connectivity index (χ4n) is 2.76. The summed E-state index contributed by atoms with van der Waals surface area (Å²) in [6.45, 7) is 0.0523. The topological polar surface area (TPSA) is 95.6 Å². The molecule has 5 N–H and O–H groups in total. The van der Waals surface area contributed by atoms with Crippen molar-refractivity contribution >= 4 is 17.3 Å². The highest BCUT2D eigenvalue weighted by Gasteiger charge is 2.26. The fraction of sp³-hybridized carbons (Fsp3) is 0.500. The highest BCUT2D eigenvalue weighted by molar-refractivity contribution is 6.00. The molecule has 0 spiro atoms. The summed E-state index contributed by atoms with van der Waals surface area (Å²) < 4.78 is 13.4. The lowest BCUT2D eigenvalue weighted by molar-refractivity contribution is 0.0698. The Labute approximate surface area is 116 Å². The summed E-state index contributed by atoms with van der Waals surface area (Å²) in [6, 6.07) is 2.52. The molecule has 1 fully saturated rings. The van der Waals surface area contributed by atoms with E-state index in [-0.39, 0.29) is 29.8 Å². The van der Waals surface area contributed by atoms with Gasteiger partial charge in [0, 0.05) is 18.6 Å². The van der Waals surface area contributed by atoms with Gasteiger partial charge >= 0.3 is 5.97 Å². The largest absolute Gasteiger partial charge is 0.478 e. The molecule has 20 heavy (non-hydrogen) atoms. The molecule has 1 saturated carbocycles. The molecule has 0 saturated heterocycles. The normalized spacial score (nSPS) is 22.5. The predicted molar refractivity (Wildman–Crippen MR) is 74.2 cm³/mol. The van der Waals surface area contributed by atoms with Crippen molar-refractivity contribution in [1.82, 2.24) is 0 Å². The fourth-order valence-corrected chi connectivity index (χ4v) is 2.76. The molecular formula is C14H19FN2O3. The van der Waals surface area contributed by atoms with E-state index in [1.807, 2.05) is 0 Å².